The van der Waals surface area contributed by atoms with E-state index in [0.717, 1.165) is 6.29 Å². The average Bonchev–Trinajstić information content (AvgIpc) is 2.74. The minimum atomic E-state index is -0.970. The SMILES string of the molecule is CC(C)(C)OC(=O)NC1(C=O)CC2C=CC1O2. The maximum atomic E-state index is 11.7. The first-order valence-corrected chi connectivity index (χ1v) is 5.66. The molecule has 1 N–H and O–H groups in total. The zero-order chi connectivity index (χ0) is 12.7. The van der Waals surface area contributed by atoms with Gasteiger partial charge in [-0.15, -0.1) is 0 Å². The molecule has 0 aliphatic carbocycles. The van der Waals surface area contributed by atoms with Gasteiger partial charge in [-0.25, -0.2) is 4.79 Å². The lowest BCUT2D eigenvalue weighted by Gasteiger charge is -2.30. The van der Waals surface area contributed by atoms with Crippen molar-refractivity contribution >= 4 is 12.4 Å². The lowest BCUT2D eigenvalue weighted by Crippen LogP contribution is -2.56. The van der Waals surface area contributed by atoms with E-state index in [0.29, 0.717) is 6.42 Å². The Bertz CT molecular complexity index is 371. The molecule has 5 heteroatoms. The van der Waals surface area contributed by atoms with E-state index >= 15 is 0 Å². The Kier molecular flexibility index (Phi) is 2.73. The fourth-order valence-electron chi connectivity index (χ4n) is 2.12. The Morgan fingerprint density at radius 3 is 2.65 bits per heavy atom. The number of carbonyl (C=O) groups is 2. The fourth-order valence-corrected chi connectivity index (χ4v) is 2.12. The van der Waals surface area contributed by atoms with Crippen LogP contribution in [0.3, 0.4) is 0 Å². The molecule has 3 atom stereocenters. The molecule has 1 saturated heterocycles. The Morgan fingerprint density at radius 2 is 2.24 bits per heavy atom. The first kappa shape index (κ1) is 12.1. The van der Waals surface area contributed by atoms with Crippen LogP contribution in [0.2, 0.25) is 0 Å². The molecule has 1 amide bonds. The van der Waals surface area contributed by atoms with Crippen LogP contribution in [0.5, 0.6) is 0 Å². The first-order valence-electron chi connectivity index (χ1n) is 5.66. The second-order valence-electron chi connectivity index (χ2n) is 5.47. The van der Waals surface area contributed by atoms with Gasteiger partial charge in [-0.05, 0) is 20.8 Å². The maximum Gasteiger partial charge on any atom is 0.408 e. The summed E-state index contributed by atoms with van der Waals surface area (Å²) in [4.78, 5) is 22.9. The summed E-state index contributed by atoms with van der Waals surface area (Å²) in [6.07, 6.45) is 3.87. The number of carbonyl (C=O) groups excluding carboxylic acids is 2. The van der Waals surface area contributed by atoms with Crippen molar-refractivity contribution in [1.29, 1.82) is 0 Å². The molecule has 1 fully saturated rings. The van der Waals surface area contributed by atoms with E-state index in [-0.39, 0.29) is 12.2 Å². The summed E-state index contributed by atoms with van der Waals surface area (Å²) in [7, 11) is 0. The lowest BCUT2D eigenvalue weighted by atomic mass is 9.87. The topological polar surface area (TPSA) is 64.6 Å². The molecule has 94 valence electrons. The highest BCUT2D eigenvalue weighted by molar-refractivity contribution is 5.78. The van der Waals surface area contributed by atoms with Crippen molar-refractivity contribution < 1.29 is 19.1 Å². The third-order valence-electron chi connectivity index (χ3n) is 2.81. The summed E-state index contributed by atoms with van der Waals surface area (Å²) in [5.41, 5.74) is -1.55. The van der Waals surface area contributed by atoms with Gasteiger partial charge >= 0.3 is 6.09 Å². The van der Waals surface area contributed by atoms with E-state index in [9.17, 15) is 9.59 Å². The van der Waals surface area contributed by atoms with Crippen molar-refractivity contribution in [1.82, 2.24) is 5.32 Å². The molecular formula is C12H17NO4. The summed E-state index contributed by atoms with van der Waals surface area (Å²) >= 11 is 0. The highest BCUT2D eigenvalue weighted by atomic mass is 16.6. The number of fused-ring (bicyclic) bond motifs is 2. The molecule has 0 radical (unpaired) electrons. The van der Waals surface area contributed by atoms with Crippen LogP contribution >= 0.6 is 0 Å². The predicted octanol–water partition coefficient (Wildman–Crippen LogP) is 1.18. The molecular weight excluding hydrogens is 222 g/mol. The third kappa shape index (κ3) is 2.34. The van der Waals surface area contributed by atoms with Gasteiger partial charge in [0.1, 0.15) is 23.5 Å². The zero-order valence-electron chi connectivity index (χ0n) is 10.2. The van der Waals surface area contributed by atoms with Crippen molar-refractivity contribution in [2.45, 2.75) is 50.5 Å². The zero-order valence-corrected chi connectivity index (χ0v) is 10.2. The van der Waals surface area contributed by atoms with Gasteiger partial charge in [0.15, 0.2) is 0 Å². The molecule has 2 heterocycles. The van der Waals surface area contributed by atoms with Gasteiger partial charge in [-0.2, -0.15) is 0 Å². The van der Waals surface area contributed by atoms with Crippen molar-refractivity contribution in [3.05, 3.63) is 12.2 Å². The molecule has 0 saturated carbocycles. The second-order valence-corrected chi connectivity index (χ2v) is 5.47. The molecule has 17 heavy (non-hydrogen) atoms. The number of amides is 1. The predicted molar refractivity (Wildman–Crippen MR) is 60.6 cm³/mol. The summed E-state index contributed by atoms with van der Waals surface area (Å²) in [5.74, 6) is 0. The van der Waals surface area contributed by atoms with Crippen LogP contribution < -0.4 is 5.32 Å². The van der Waals surface area contributed by atoms with Crippen molar-refractivity contribution in [3.63, 3.8) is 0 Å². The summed E-state index contributed by atoms with van der Waals surface area (Å²) in [6.45, 7) is 5.33. The van der Waals surface area contributed by atoms with Gasteiger partial charge < -0.3 is 19.6 Å². The van der Waals surface area contributed by atoms with Gasteiger partial charge in [0.05, 0.1) is 6.10 Å². The standard InChI is InChI=1S/C12H17NO4/c1-11(2,3)17-10(15)13-12(7-14)6-8-4-5-9(12)16-8/h4-5,7-9H,6H2,1-3H3,(H,13,15). The van der Waals surface area contributed by atoms with Crippen LogP contribution in [0.25, 0.3) is 0 Å². The average molecular weight is 239 g/mol. The number of hydrogen-bond donors (Lipinski definition) is 1. The van der Waals surface area contributed by atoms with Crippen LogP contribution in [-0.4, -0.2) is 35.7 Å². The smallest absolute Gasteiger partial charge is 0.408 e. The number of hydrogen-bond acceptors (Lipinski definition) is 4. The molecule has 2 rings (SSSR count). The van der Waals surface area contributed by atoms with E-state index in [1.165, 1.54) is 0 Å². The molecule has 2 aliphatic heterocycles. The Labute approximate surface area is 100 Å². The third-order valence-corrected chi connectivity index (χ3v) is 2.81. The summed E-state index contributed by atoms with van der Waals surface area (Å²) in [5, 5.41) is 2.62. The van der Waals surface area contributed by atoms with Crippen LogP contribution in [0, 0.1) is 0 Å². The Balaban J connectivity index is 2.04. The van der Waals surface area contributed by atoms with Crippen LogP contribution in [-0.2, 0) is 14.3 Å². The molecule has 2 bridgehead atoms. The minimum absolute atomic E-state index is 0.0832. The largest absolute Gasteiger partial charge is 0.444 e. The highest BCUT2D eigenvalue weighted by Gasteiger charge is 2.51. The normalized spacial score (nSPS) is 34.8. The minimum Gasteiger partial charge on any atom is -0.444 e. The monoisotopic (exact) mass is 239 g/mol. The van der Waals surface area contributed by atoms with Crippen molar-refractivity contribution in [2.75, 3.05) is 0 Å². The molecule has 3 unspecified atom stereocenters. The van der Waals surface area contributed by atoms with E-state index in [4.69, 9.17) is 9.47 Å². The summed E-state index contributed by atoms with van der Waals surface area (Å²) < 4.78 is 10.6. The van der Waals surface area contributed by atoms with Crippen LogP contribution in [0.4, 0.5) is 4.79 Å². The van der Waals surface area contributed by atoms with Gasteiger partial charge in [0.25, 0.3) is 0 Å². The van der Waals surface area contributed by atoms with Crippen LogP contribution in [0.1, 0.15) is 27.2 Å². The number of nitrogens with one attached hydrogen (secondary N) is 1. The van der Waals surface area contributed by atoms with Crippen LogP contribution in [0.15, 0.2) is 12.2 Å². The fraction of sp³-hybridized carbons (Fsp3) is 0.667. The van der Waals surface area contributed by atoms with Crippen molar-refractivity contribution in [3.8, 4) is 0 Å². The number of aldehydes is 1. The lowest BCUT2D eigenvalue weighted by molar-refractivity contribution is -0.114. The molecule has 5 nitrogen and oxygen atoms in total. The molecule has 2 aliphatic rings. The molecule has 0 aromatic rings. The number of rotatable bonds is 2. The van der Waals surface area contributed by atoms with E-state index in [1.54, 1.807) is 26.8 Å². The highest BCUT2D eigenvalue weighted by Crippen LogP contribution is 2.36. The van der Waals surface area contributed by atoms with E-state index in [1.807, 2.05) is 6.08 Å². The van der Waals surface area contributed by atoms with Crippen molar-refractivity contribution in [2.24, 2.45) is 0 Å². The maximum absolute atomic E-state index is 11.7. The van der Waals surface area contributed by atoms with E-state index < -0.39 is 17.2 Å². The number of alkyl carbamates (subject to hydrolysis) is 1. The molecule has 0 spiro atoms. The van der Waals surface area contributed by atoms with Gasteiger partial charge in [-0.3, -0.25) is 0 Å². The summed E-state index contributed by atoms with van der Waals surface area (Å²) in [6, 6.07) is 0. The second kappa shape index (κ2) is 3.84. The molecule has 0 aromatic carbocycles. The van der Waals surface area contributed by atoms with Gasteiger partial charge in [0, 0.05) is 6.42 Å². The van der Waals surface area contributed by atoms with Gasteiger partial charge in [-0.1, -0.05) is 12.2 Å². The van der Waals surface area contributed by atoms with E-state index in [2.05, 4.69) is 5.32 Å². The first-order chi connectivity index (χ1) is 7.85. The Hall–Kier alpha value is -1.36. The quantitative estimate of drug-likeness (QED) is 0.580. The van der Waals surface area contributed by atoms with Gasteiger partial charge in [0.2, 0.25) is 0 Å². The molecule has 0 aromatic heterocycles. The number of ether oxygens (including phenoxy) is 2. The Morgan fingerprint density at radius 1 is 1.53 bits per heavy atom.